The van der Waals surface area contributed by atoms with E-state index in [9.17, 15) is 0 Å². The molecule has 0 spiro atoms. The highest BCUT2D eigenvalue weighted by Gasteiger charge is 2.19. The summed E-state index contributed by atoms with van der Waals surface area (Å²) >= 11 is 0. The first-order valence-electron chi connectivity index (χ1n) is 10.2. The smallest absolute Gasteiger partial charge is 0.134 e. The summed E-state index contributed by atoms with van der Waals surface area (Å²) in [4.78, 5) is 20.2. The molecule has 3 aromatic rings. The Morgan fingerprint density at radius 3 is 2.41 bits per heavy atom. The maximum absolute atomic E-state index is 4.53. The van der Waals surface area contributed by atoms with Crippen molar-refractivity contribution < 1.29 is 0 Å². The van der Waals surface area contributed by atoms with E-state index in [0.717, 1.165) is 57.3 Å². The number of likely N-dealkylation sites (N-methyl/N-ethyl adjacent to an activating group) is 1. The Kier molecular flexibility index (Phi) is 6.32. The Morgan fingerprint density at radius 1 is 0.897 bits per heavy atom. The highest BCUT2D eigenvalue weighted by Crippen LogP contribution is 2.19. The van der Waals surface area contributed by atoms with Crippen LogP contribution in [0.2, 0.25) is 0 Å². The van der Waals surface area contributed by atoms with Crippen molar-refractivity contribution in [2.75, 3.05) is 49.6 Å². The molecule has 29 heavy (non-hydrogen) atoms. The second kappa shape index (κ2) is 9.47. The minimum absolute atomic E-state index is 0.908. The second-order valence-electron chi connectivity index (χ2n) is 7.51. The summed E-state index contributed by atoms with van der Waals surface area (Å²) in [6, 6.07) is 16.9. The number of hydrogen-bond acceptors (Lipinski definition) is 6. The lowest BCUT2D eigenvalue weighted by Crippen LogP contribution is -2.46. The van der Waals surface area contributed by atoms with Crippen LogP contribution in [-0.2, 0) is 13.0 Å². The van der Waals surface area contributed by atoms with Gasteiger partial charge in [-0.05, 0) is 29.7 Å². The van der Waals surface area contributed by atoms with Gasteiger partial charge in [-0.25, -0.2) is 9.97 Å². The Balaban J connectivity index is 1.31. The van der Waals surface area contributed by atoms with Crippen LogP contribution in [0.5, 0.6) is 0 Å². The van der Waals surface area contributed by atoms with E-state index in [0.29, 0.717) is 0 Å². The molecule has 1 fully saturated rings. The van der Waals surface area contributed by atoms with Crippen LogP contribution in [0.3, 0.4) is 0 Å². The predicted octanol–water partition coefficient (Wildman–Crippen LogP) is 2.87. The van der Waals surface area contributed by atoms with Crippen LogP contribution in [0.1, 0.15) is 11.1 Å². The van der Waals surface area contributed by atoms with Crippen molar-refractivity contribution in [2.24, 2.45) is 0 Å². The average Bonchev–Trinajstić information content (AvgIpc) is 2.79. The van der Waals surface area contributed by atoms with Crippen molar-refractivity contribution in [3.05, 3.63) is 78.4 Å². The van der Waals surface area contributed by atoms with E-state index in [4.69, 9.17) is 0 Å². The van der Waals surface area contributed by atoms with Gasteiger partial charge in [0, 0.05) is 64.8 Å². The minimum Gasteiger partial charge on any atom is -0.359 e. The molecular weight excluding hydrogens is 360 g/mol. The Hall–Kier alpha value is -2.99. The zero-order valence-electron chi connectivity index (χ0n) is 17.0. The molecule has 0 saturated carbocycles. The fraction of sp³-hybridized carbons (Fsp3) is 0.348. The number of nitrogens with zero attached hydrogens (tertiary/aromatic N) is 6. The lowest BCUT2D eigenvalue weighted by molar-refractivity contribution is 0.249. The van der Waals surface area contributed by atoms with Crippen molar-refractivity contribution >= 4 is 11.6 Å². The van der Waals surface area contributed by atoms with E-state index in [1.807, 2.05) is 12.4 Å². The van der Waals surface area contributed by atoms with Gasteiger partial charge < -0.3 is 9.80 Å². The molecule has 0 radical (unpaired) electrons. The molecule has 0 atom stereocenters. The van der Waals surface area contributed by atoms with Gasteiger partial charge >= 0.3 is 0 Å². The van der Waals surface area contributed by atoms with Gasteiger partial charge in [0.1, 0.15) is 18.0 Å². The summed E-state index contributed by atoms with van der Waals surface area (Å²) in [6.45, 7) is 6.00. The zero-order chi connectivity index (χ0) is 19.9. The van der Waals surface area contributed by atoms with Crippen LogP contribution in [-0.4, -0.2) is 59.6 Å². The summed E-state index contributed by atoms with van der Waals surface area (Å²) in [5.41, 5.74) is 2.66. The molecule has 4 rings (SSSR count). The molecule has 0 aliphatic carbocycles. The van der Waals surface area contributed by atoms with Crippen LogP contribution in [0.25, 0.3) is 0 Å². The van der Waals surface area contributed by atoms with Crippen LogP contribution in [0.15, 0.2) is 67.3 Å². The number of piperazine rings is 1. The maximum atomic E-state index is 4.53. The summed E-state index contributed by atoms with van der Waals surface area (Å²) in [6.07, 6.45) is 6.34. The molecule has 0 N–H and O–H groups in total. The van der Waals surface area contributed by atoms with Crippen LogP contribution in [0.4, 0.5) is 11.6 Å². The number of aromatic nitrogens is 3. The van der Waals surface area contributed by atoms with Crippen molar-refractivity contribution in [3.8, 4) is 0 Å². The number of hydrogen-bond donors (Lipinski definition) is 0. The SMILES string of the molecule is CN(CCc1ccncc1)c1cc(N2CCN(Cc3ccccc3)CC2)ncn1. The zero-order valence-corrected chi connectivity index (χ0v) is 17.0. The predicted molar refractivity (Wildman–Crippen MR) is 117 cm³/mol. The Bertz CT molecular complexity index is 878. The minimum atomic E-state index is 0.908. The van der Waals surface area contributed by atoms with Gasteiger partial charge in [0.05, 0.1) is 0 Å². The number of benzene rings is 1. The molecule has 0 amide bonds. The molecular formula is C23H28N6. The third-order valence-electron chi connectivity index (χ3n) is 5.46. The fourth-order valence-corrected chi connectivity index (χ4v) is 3.66. The quantitative estimate of drug-likeness (QED) is 0.620. The second-order valence-corrected chi connectivity index (χ2v) is 7.51. The first-order valence-corrected chi connectivity index (χ1v) is 10.2. The van der Waals surface area contributed by atoms with Crippen LogP contribution < -0.4 is 9.80 Å². The first-order chi connectivity index (χ1) is 14.3. The lowest BCUT2D eigenvalue weighted by Gasteiger charge is -2.35. The van der Waals surface area contributed by atoms with Crippen molar-refractivity contribution in [3.63, 3.8) is 0 Å². The molecule has 150 valence electrons. The van der Waals surface area contributed by atoms with Gasteiger partial charge in [0.15, 0.2) is 0 Å². The number of rotatable bonds is 7. The molecule has 1 aliphatic heterocycles. The first kappa shape index (κ1) is 19.3. The van der Waals surface area contributed by atoms with Crippen LogP contribution >= 0.6 is 0 Å². The maximum Gasteiger partial charge on any atom is 0.134 e. The standard InChI is InChI=1S/C23H28N6/c1-27(12-9-20-7-10-24-11-8-20)22-17-23(26-19-25-22)29-15-13-28(14-16-29)18-21-5-3-2-4-6-21/h2-8,10-11,17,19H,9,12-16,18H2,1H3. The van der Waals surface area contributed by atoms with Crippen molar-refractivity contribution in [1.29, 1.82) is 0 Å². The van der Waals surface area contributed by atoms with Gasteiger partial charge in [-0.3, -0.25) is 9.88 Å². The van der Waals surface area contributed by atoms with Gasteiger partial charge in [0.25, 0.3) is 0 Å². The van der Waals surface area contributed by atoms with E-state index in [2.05, 4.69) is 85.2 Å². The molecule has 1 aromatic carbocycles. The molecule has 6 nitrogen and oxygen atoms in total. The van der Waals surface area contributed by atoms with E-state index < -0.39 is 0 Å². The molecule has 3 heterocycles. The van der Waals surface area contributed by atoms with E-state index >= 15 is 0 Å². The molecule has 0 unspecified atom stereocenters. The highest BCUT2D eigenvalue weighted by atomic mass is 15.3. The van der Waals surface area contributed by atoms with E-state index in [1.54, 1.807) is 6.33 Å². The summed E-state index contributed by atoms with van der Waals surface area (Å²) in [7, 11) is 2.09. The van der Waals surface area contributed by atoms with Gasteiger partial charge in [0.2, 0.25) is 0 Å². The average molecular weight is 389 g/mol. The third kappa shape index (κ3) is 5.29. The Morgan fingerprint density at radius 2 is 1.66 bits per heavy atom. The number of pyridine rings is 1. The molecule has 2 aromatic heterocycles. The lowest BCUT2D eigenvalue weighted by atomic mass is 10.2. The summed E-state index contributed by atoms with van der Waals surface area (Å²) in [5.74, 6) is 1.99. The van der Waals surface area contributed by atoms with E-state index in [-0.39, 0.29) is 0 Å². The molecule has 0 bridgehead atoms. The monoisotopic (exact) mass is 388 g/mol. The topological polar surface area (TPSA) is 48.4 Å². The van der Waals surface area contributed by atoms with Gasteiger partial charge in [-0.2, -0.15) is 0 Å². The molecule has 1 saturated heterocycles. The summed E-state index contributed by atoms with van der Waals surface area (Å²) < 4.78 is 0. The molecule has 1 aliphatic rings. The normalized spacial score (nSPS) is 14.7. The number of anilines is 2. The van der Waals surface area contributed by atoms with Crippen LogP contribution in [0, 0.1) is 0 Å². The third-order valence-corrected chi connectivity index (χ3v) is 5.46. The highest BCUT2D eigenvalue weighted by molar-refractivity contribution is 5.50. The summed E-state index contributed by atoms with van der Waals surface area (Å²) in [5, 5.41) is 0. The molecule has 6 heteroatoms. The fourth-order valence-electron chi connectivity index (χ4n) is 3.66. The van der Waals surface area contributed by atoms with E-state index in [1.165, 1.54) is 11.1 Å². The van der Waals surface area contributed by atoms with Gasteiger partial charge in [-0.1, -0.05) is 30.3 Å². The van der Waals surface area contributed by atoms with Gasteiger partial charge in [-0.15, -0.1) is 0 Å². The largest absolute Gasteiger partial charge is 0.359 e. The van der Waals surface area contributed by atoms with Crippen molar-refractivity contribution in [1.82, 2.24) is 19.9 Å². The Labute approximate surface area is 172 Å². The van der Waals surface area contributed by atoms with Crippen molar-refractivity contribution in [2.45, 2.75) is 13.0 Å².